The summed E-state index contributed by atoms with van der Waals surface area (Å²) < 4.78 is 40.7. The van der Waals surface area contributed by atoms with E-state index in [4.69, 9.17) is 5.73 Å². The number of anilines is 1. The summed E-state index contributed by atoms with van der Waals surface area (Å²) in [6, 6.07) is 13.1. The number of nitrogens with two attached hydrogens (primary N) is 1. The molecule has 0 bridgehead atoms. The normalized spacial score (nSPS) is 13.2. The zero-order chi connectivity index (χ0) is 31.1. The number of rotatable bonds is 12. The van der Waals surface area contributed by atoms with Crippen LogP contribution in [-0.2, 0) is 27.0 Å². The fraction of sp³-hybridized carbons (Fsp3) is 0.400. The molecule has 0 spiro atoms. The molecule has 0 saturated carbocycles. The summed E-state index contributed by atoms with van der Waals surface area (Å²) in [5.41, 5.74) is 5.39. The van der Waals surface area contributed by atoms with E-state index in [0.717, 1.165) is 24.1 Å². The Balaban J connectivity index is 1.78. The SMILES string of the molecule is CN(C)C(=O)C(c1ccc(C(F)(F)F)cc1)n1cnc(NC(=O)[C@@H](CCCc2ccccc2)CNC(=O)C(C)(C)N)c1. The third-order valence-corrected chi connectivity index (χ3v) is 6.71. The number of aryl methyl sites for hydroxylation is 1. The Kier molecular flexibility index (Phi) is 10.5. The van der Waals surface area contributed by atoms with Crippen molar-refractivity contribution in [2.45, 2.75) is 50.9 Å². The van der Waals surface area contributed by atoms with Crippen molar-refractivity contribution in [3.8, 4) is 0 Å². The van der Waals surface area contributed by atoms with E-state index < -0.39 is 41.1 Å². The van der Waals surface area contributed by atoms with Crippen LogP contribution in [0.15, 0.2) is 67.1 Å². The van der Waals surface area contributed by atoms with Crippen LogP contribution in [-0.4, -0.2) is 58.4 Å². The Bertz CT molecular complexity index is 1350. The molecule has 4 N–H and O–H groups in total. The van der Waals surface area contributed by atoms with Crippen LogP contribution in [0.3, 0.4) is 0 Å². The number of likely N-dealkylation sites (N-methyl/N-ethyl adjacent to an activating group) is 1. The molecule has 42 heavy (non-hydrogen) atoms. The van der Waals surface area contributed by atoms with E-state index >= 15 is 0 Å². The number of nitrogens with one attached hydrogen (secondary N) is 2. The molecule has 3 rings (SSSR count). The fourth-order valence-electron chi connectivity index (χ4n) is 4.28. The maximum absolute atomic E-state index is 13.3. The smallest absolute Gasteiger partial charge is 0.354 e. The Morgan fingerprint density at radius 1 is 1.02 bits per heavy atom. The van der Waals surface area contributed by atoms with Gasteiger partial charge in [-0.1, -0.05) is 42.5 Å². The minimum Gasteiger partial charge on any atom is -0.354 e. The number of hydrogen-bond donors (Lipinski definition) is 3. The number of nitrogens with zero attached hydrogens (tertiary/aromatic N) is 3. The number of halogens is 3. The monoisotopic (exact) mass is 586 g/mol. The number of benzene rings is 2. The largest absolute Gasteiger partial charge is 0.416 e. The van der Waals surface area contributed by atoms with Crippen molar-refractivity contribution >= 4 is 23.5 Å². The highest BCUT2D eigenvalue weighted by atomic mass is 19.4. The number of aromatic nitrogens is 2. The van der Waals surface area contributed by atoms with Crippen LogP contribution in [0.2, 0.25) is 0 Å². The van der Waals surface area contributed by atoms with Gasteiger partial charge in [0.25, 0.3) is 0 Å². The molecular formula is C30H37F3N6O3. The third kappa shape index (κ3) is 8.90. The molecule has 3 amide bonds. The van der Waals surface area contributed by atoms with Crippen molar-refractivity contribution in [1.82, 2.24) is 19.8 Å². The molecule has 2 aromatic carbocycles. The van der Waals surface area contributed by atoms with Crippen LogP contribution in [0.4, 0.5) is 19.0 Å². The summed E-state index contributed by atoms with van der Waals surface area (Å²) >= 11 is 0. The lowest BCUT2D eigenvalue weighted by molar-refractivity contribution is -0.137. The van der Waals surface area contributed by atoms with Gasteiger partial charge in [0.2, 0.25) is 17.7 Å². The van der Waals surface area contributed by atoms with Crippen LogP contribution in [0.1, 0.15) is 49.4 Å². The Morgan fingerprint density at radius 2 is 1.67 bits per heavy atom. The highest BCUT2D eigenvalue weighted by molar-refractivity contribution is 5.92. The van der Waals surface area contributed by atoms with Crippen LogP contribution >= 0.6 is 0 Å². The average molecular weight is 587 g/mol. The predicted molar refractivity (Wildman–Crippen MR) is 153 cm³/mol. The highest BCUT2D eigenvalue weighted by Gasteiger charge is 2.32. The van der Waals surface area contributed by atoms with E-state index in [0.29, 0.717) is 18.4 Å². The molecule has 3 aromatic rings. The predicted octanol–water partition coefficient (Wildman–Crippen LogP) is 4.01. The molecule has 0 aliphatic rings. The third-order valence-electron chi connectivity index (χ3n) is 6.71. The average Bonchev–Trinajstić information content (AvgIpc) is 3.37. The molecule has 2 atom stereocenters. The topological polar surface area (TPSA) is 122 Å². The Hall–Kier alpha value is -4.19. The van der Waals surface area contributed by atoms with Crippen molar-refractivity contribution in [3.63, 3.8) is 0 Å². The lowest BCUT2D eigenvalue weighted by Gasteiger charge is -2.22. The van der Waals surface area contributed by atoms with Gasteiger partial charge < -0.3 is 25.8 Å². The van der Waals surface area contributed by atoms with E-state index in [2.05, 4.69) is 15.6 Å². The van der Waals surface area contributed by atoms with Crippen molar-refractivity contribution in [1.29, 1.82) is 0 Å². The molecule has 9 nitrogen and oxygen atoms in total. The van der Waals surface area contributed by atoms with Gasteiger partial charge in [-0.2, -0.15) is 13.2 Å². The van der Waals surface area contributed by atoms with E-state index in [-0.39, 0.29) is 18.3 Å². The van der Waals surface area contributed by atoms with E-state index in [9.17, 15) is 27.6 Å². The summed E-state index contributed by atoms with van der Waals surface area (Å²) in [6.07, 6.45) is 0.179. The molecule has 0 fully saturated rings. The van der Waals surface area contributed by atoms with Crippen molar-refractivity contribution in [2.24, 2.45) is 11.7 Å². The fourth-order valence-corrected chi connectivity index (χ4v) is 4.28. The van der Waals surface area contributed by atoms with Crippen molar-refractivity contribution < 1.29 is 27.6 Å². The van der Waals surface area contributed by atoms with Crippen LogP contribution < -0.4 is 16.4 Å². The zero-order valence-electron chi connectivity index (χ0n) is 24.1. The maximum atomic E-state index is 13.3. The van der Waals surface area contributed by atoms with Gasteiger partial charge in [-0.3, -0.25) is 14.4 Å². The standard InChI is InChI=1S/C30H37F3N6O3/c1-29(2,34)28(42)35-17-22(12-8-11-20-9-6-5-7-10-20)26(40)37-24-18-39(19-36-24)25(27(41)38(3)4)21-13-15-23(16-14-21)30(31,32)33/h5-7,9-10,13-16,18-19,22,25H,8,11-12,17,34H2,1-4H3,(H,35,42)(H,37,40)/t22-,25?/m0/s1. The summed E-state index contributed by atoms with van der Waals surface area (Å²) in [5.74, 6) is -1.61. The summed E-state index contributed by atoms with van der Waals surface area (Å²) in [6.45, 7) is 3.21. The number of hydrogen-bond acceptors (Lipinski definition) is 5. The molecular weight excluding hydrogens is 549 g/mol. The summed E-state index contributed by atoms with van der Waals surface area (Å²) in [4.78, 5) is 44.3. The van der Waals surface area contributed by atoms with Crippen LogP contribution in [0.5, 0.6) is 0 Å². The minimum atomic E-state index is -4.51. The van der Waals surface area contributed by atoms with E-state index in [1.54, 1.807) is 13.8 Å². The number of imidazole rings is 1. The molecule has 0 saturated heterocycles. The van der Waals surface area contributed by atoms with Crippen molar-refractivity contribution in [3.05, 3.63) is 83.8 Å². The lowest BCUT2D eigenvalue weighted by atomic mass is 9.97. The van der Waals surface area contributed by atoms with Gasteiger partial charge in [-0.15, -0.1) is 0 Å². The summed E-state index contributed by atoms with van der Waals surface area (Å²) in [5, 5.41) is 5.49. The molecule has 1 unspecified atom stereocenters. The number of carbonyl (C=O) groups excluding carboxylic acids is 3. The second-order valence-corrected chi connectivity index (χ2v) is 11.0. The first-order valence-electron chi connectivity index (χ1n) is 13.5. The number of alkyl halides is 3. The second kappa shape index (κ2) is 13.6. The highest BCUT2D eigenvalue weighted by Crippen LogP contribution is 2.31. The van der Waals surface area contributed by atoms with E-state index in [1.165, 1.54) is 48.2 Å². The van der Waals surface area contributed by atoms with Crippen LogP contribution in [0.25, 0.3) is 0 Å². The molecule has 1 aromatic heterocycles. The van der Waals surface area contributed by atoms with E-state index in [1.807, 2.05) is 30.3 Å². The second-order valence-electron chi connectivity index (χ2n) is 11.0. The van der Waals surface area contributed by atoms with Crippen molar-refractivity contribution in [2.75, 3.05) is 26.0 Å². The van der Waals surface area contributed by atoms with Gasteiger partial charge >= 0.3 is 6.18 Å². The minimum absolute atomic E-state index is 0.0636. The molecule has 0 aliphatic carbocycles. The first kappa shape index (κ1) is 32.3. The van der Waals surface area contributed by atoms with Gasteiger partial charge in [0, 0.05) is 26.8 Å². The number of carbonyl (C=O) groups is 3. The lowest BCUT2D eigenvalue weighted by Crippen LogP contribution is -2.50. The number of amides is 3. The zero-order valence-corrected chi connectivity index (χ0v) is 24.1. The molecule has 1 heterocycles. The molecule has 226 valence electrons. The van der Waals surface area contributed by atoms with Gasteiger partial charge in [0.1, 0.15) is 6.04 Å². The van der Waals surface area contributed by atoms with Gasteiger partial charge in [-0.05, 0) is 56.4 Å². The van der Waals surface area contributed by atoms with Gasteiger partial charge in [0.15, 0.2) is 5.82 Å². The maximum Gasteiger partial charge on any atom is 0.416 e. The molecule has 0 radical (unpaired) electrons. The van der Waals surface area contributed by atoms with Gasteiger partial charge in [-0.25, -0.2) is 4.98 Å². The first-order chi connectivity index (χ1) is 19.7. The molecule has 12 heteroatoms. The first-order valence-corrected chi connectivity index (χ1v) is 13.5. The summed E-state index contributed by atoms with van der Waals surface area (Å²) in [7, 11) is 3.08. The van der Waals surface area contributed by atoms with Crippen LogP contribution in [0, 0.1) is 5.92 Å². The molecule has 0 aliphatic heterocycles. The quantitative estimate of drug-likeness (QED) is 0.296. The Labute approximate surface area is 243 Å². The van der Waals surface area contributed by atoms with Gasteiger partial charge in [0.05, 0.1) is 23.3 Å². The Morgan fingerprint density at radius 3 is 2.24 bits per heavy atom.